The van der Waals surface area contributed by atoms with E-state index in [0.29, 0.717) is 6.42 Å². The molecule has 0 fully saturated rings. The van der Waals surface area contributed by atoms with Crippen molar-refractivity contribution in [1.29, 1.82) is 0 Å². The quantitative estimate of drug-likeness (QED) is 0.218. The normalized spacial score (nSPS) is 15.7. The summed E-state index contributed by atoms with van der Waals surface area (Å²) in [4.78, 5) is 11.5. The molecule has 1 aliphatic rings. The van der Waals surface area contributed by atoms with Crippen LogP contribution in [0.25, 0.3) is 0 Å². The van der Waals surface area contributed by atoms with Crippen LogP contribution in [0.3, 0.4) is 0 Å². The first-order valence-electron chi connectivity index (χ1n) is 10.3. The van der Waals surface area contributed by atoms with E-state index >= 15 is 0 Å². The van der Waals surface area contributed by atoms with Crippen LogP contribution in [0.1, 0.15) is 78.1 Å². The molecule has 1 rings (SSSR count). The van der Waals surface area contributed by atoms with Crippen LogP contribution in [0.4, 0.5) is 0 Å². The molecule has 0 aliphatic heterocycles. The fraction of sp³-hybridized carbons (Fsp3) is 0.652. The minimum absolute atomic E-state index is 0.400. The van der Waals surface area contributed by atoms with E-state index in [0.717, 1.165) is 32.8 Å². The van der Waals surface area contributed by atoms with E-state index in [2.05, 4.69) is 29.5 Å². The van der Waals surface area contributed by atoms with Crippen molar-refractivity contribution < 1.29 is 19.7 Å². The van der Waals surface area contributed by atoms with Gasteiger partial charge in [0.2, 0.25) is 0 Å². The lowest BCUT2D eigenvalue weighted by Gasteiger charge is -2.24. The Morgan fingerprint density at radius 3 is 2.70 bits per heavy atom. The molecule has 0 saturated heterocycles. The molecule has 2 N–H and O–H groups in total. The number of carbonyl (C=O) groups is 1. The van der Waals surface area contributed by atoms with Gasteiger partial charge in [0.1, 0.15) is 0 Å². The number of methoxy groups -OCH3 is 1. The lowest BCUT2D eigenvalue weighted by atomic mass is 9.95. The summed E-state index contributed by atoms with van der Waals surface area (Å²) in [7, 11) is 1.14. The first-order chi connectivity index (χ1) is 13.0. The Kier molecular flexibility index (Phi) is 11.0. The molecule has 0 aromatic carbocycles. The van der Waals surface area contributed by atoms with Crippen LogP contribution < -0.4 is 0 Å². The number of hydrogen-bond acceptors (Lipinski definition) is 4. The lowest BCUT2D eigenvalue weighted by molar-refractivity contribution is -0.219. The van der Waals surface area contributed by atoms with E-state index in [4.69, 9.17) is 0 Å². The van der Waals surface area contributed by atoms with Crippen LogP contribution in [0.2, 0.25) is 0 Å². The van der Waals surface area contributed by atoms with E-state index in [9.17, 15) is 15.0 Å². The van der Waals surface area contributed by atoms with E-state index in [1.807, 2.05) is 6.08 Å². The molecule has 0 saturated carbocycles. The molecule has 27 heavy (non-hydrogen) atoms. The number of unbranched alkanes of at least 4 members (excludes halogenated alkanes) is 4. The van der Waals surface area contributed by atoms with Crippen LogP contribution in [-0.2, 0) is 9.53 Å². The van der Waals surface area contributed by atoms with Gasteiger partial charge in [-0.3, -0.25) is 0 Å². The van der Waals surface area contributed by atoms with E-state index < -0.39 is 17.7 Å². The molecule has 1 atom stereocenters. The van der Waals surface area contributed by atoms with Gasteiger partial charge in [-0.1, -0.05) is 50.8 Å². The van der Waals surface area contributed by atoms with Gasteiger partial charge in [-0.2, -0.15) is 0 Å². The summed E-state index contributed by atoms with van der Waals surface area (Å²) in [6, 6.07) is 0. The maximum Gasteiger partial charge on any atom is 0.366 e. The van der Waals surface area contributed by atoms with Gasteiger partial charge >= 0.3 is 5.97 Å². The van der Waals surface area contributed by atoms with Crippen molar-refractivity contribution in [2.75, 3.05) is 7.11 Å². The van der Waals surface area contributed by atoms with Crippen molar-refractivity contribution in [2.24, 2.45) is 5.92 Å². The largest absolute Gasteiger partial charge is 0.465 e. The summed E-state index contributed by atoms with van der Waals surface area (Å²) < 4.78 is 4.46. The van der Waals surface area contributed by atoms with Gasteiger partial charge in [-0.05, 0) is 62.7 Å². The fourth-order valence-corrected chi connectivity index (χ4v) is 3.37. The van der Waals surface area contributed by atoms with Crippen molar-refractivity contribution in [3.05, 3.63) is 41.2 Å². The molecule has 4 heteroatoms. The Morgan fingerprint density at radius 2 is 2.04 bits per heavy atom. The monoisotopic (exact) mass is 376 g/mol. The molecular formula is C23H36O4. The summed E-state index contributed by atoms with van der Waals surface area (Å²) >= 11 is 0. The Hall–Kier alpha value is -1.61. The molecule has 0 aromatic rings. The average molecular weight is 377 g/mol. The number of esters is 1. The van der Waals surface area contributed by atoms with Gasteiger partial charge < -0.3 is 14.9 Å². The molecule has 0 spiro atoms. The highest BCUT2D eigenvalue weighted by atomic mass is 16.6. The third-order valence-corrected chi connectivity index (χ3v) is 5.13. The summed E-state index contributed by atoms with van der Waals surface area (Å²) in [5.74, 6) is -4.30. The molecule has 0 bridgehead atoms. The second-order valence-corrected chi connectivity index (χ2v) is 7.21. The number of allylic oxidation sites excluding steroid dienone is 4. The molecular weight excluding hydrogens is 340 g/mol. The summed E-state index contributed by atoms with van der Waals surface area (Å²) in [5, 5.41) is 19.9. The van der Waals surface area contributed by atoms with Crippen LogP contribution in [0.5, 0.6) is 0 Å². The van der Waals surface area contributed by atoms with Crippen LogP contribution in [0, 0.1) is 5.92 Å². The zero-order chi connectivity index (χ0) is 20.1. The van der Waals surface area contributed by atoms with Crippen molar-refractivity contribution in [2.45, 2.75) is 83.8 Å². The van der Waals surface area contributed by atoms with E-state index in [-0.39, 0.29) is 0 Å². The summed E-state index contributed by atoms with van der Waals surface area (Å²) in [6.07, 6.45) is 19.0. The lowest BCUT2D eigenvalue weighted by Crippen LogP contribution is -2.45. The van der Waals surface area contributed by atoms with Crippen molar-refractivity contribution >= 4 is 5.97 Å². The third-order valence-electron chi connectivity index (χ3n) is 5.13. The third kappa shape index (κ3) is 7.88. The van der Waals surface area contributed by atoms with Gasteiger partial charge in [0.05, 0.1) is 7.11 Å². The van der Waals surface area contributed by atoms with Gasteiger partial charge in [0, 0.05) is 5.92 Å². The number of aliphatic hydroxyl groups is 2. The minimum Gasteiger partial charge on any atom is -0.465 e. The zero-order valence-corrected chi connectivity index (χ0v) is 17.2. The topological polar surface area (TPSA) is 66.8 Å². The van der Waals surface area contributed by atoms with Crippen molar-refractivity contribution in [3.63, 3.8) is 0 Å². The van der Waals surface area contributed by atoms with Crippen LogP contribution in [0.15, 0.2) is 41.2 Å². The first-order valence-corrected chi connectivity index (χ1v) is 10.3. The predicted molar refractivity (Wildman–Crippen MR) is 109 cm³/mol. The molecule has 152 valence electrons. The summed E-state index contributed by atoms with van der Waals surface area (Å²) in [6.45, 7) is 4.02. The van der Waals surface area contributed by atoms with E-state index in [1.165, 1.54) is 43.3 Å². The number of ether oxygens (including phenoxy) is 1. The maximum absolute atomic E-state index is 11.5. The SMILES string of the molecule is CCCCCC/C=C/C1=C(CC=C=CC(CC)C(O)(O)C(=O)OC)CCC1. The molecule has 1 aliphatic carbocycles. The number of hydrogen-bond donors (Lipinski definition) is 2. The smallest absolute Gasteiger partial charge is 0.366 e. The molecule has 0 aromatic heterocycles. The van der Waals surface area contributed by atoms with Gasteiger partial charge in [0.25, 0.3) is 5.79 Å². The first kappa shape index (κ1) is 23.4. The highest BCUT2D eigenvalue weighted by molar-refractivity contribution is 5.77. The van der Waals surface area contributed by atoms with Crippen molar-refractivity contribution in [3.8, 4) is 0 Å². The Bertz CT molecular complexity index is 577. The second kappa shape index (κ2) is 12.7. The van der Waals surface area contributed by atoms with Gasteiger partial charge in [-0.25, -0.2) is 4.79 Å². The fourth-order valence-electron chi connectivity index (χ4n) is 3.37. The number of carbonyl (C=O) groups excluding carboxylic acids is 1. The van der Waals surface area contributed by atoms with Crippen molar-refractivity contribution in [1.82, 2.24) is 0 Å². The zero-order valence-electron chi connectivity index (χ0n) is 17.2. The minimum atomic E-state index is -2.51. The maximum atomic E-state index is 11.5. The molecule has 1 unspecified atom stereocenters. The average Bonchev–Trinajstić information content (AvgIpc) is 3.10. The molecule has 4 nitrogen and oxygen atoms in total. The van der Waals surface area contributed by atoms with Crippen LogP contribution >= 0.6 is 0 Å². The summed E-state index contributed by atoms with van der Waals surface area (Å²) in [5.41, 5.74) is 5.89. The van der Waals surface area contributed by atoms with Gasteiger partial charge in [0.15, 0.2) is 0 Å². The Labute approximate surface area is 164 Å². The van der Waals surface area contributed by atoms with E-state index in [1.54, 1.807) is 13.0 Å². The molecule has 0 amide bonds. The Balaban J connectivity index is 2.63. The second-order valence-electron chi connectivity index (χ2n) is 7.21. The van der Waals surface area contributed by atoms with Crippen LogP contribution in [-0.4, -0.2) is 29.1 Å². The highest BCUT2D eigenvalue weighted by Gasteiger charge is 2.41. The Morgan fingerprint density at radius 1 is 1.26 bits per heavy atom. The molecule has 0 radical (unpaired) electrons. The predicted octanol–water partition coefficient (Wildman–Crippen LogP) is 4.98. The standard InChI is InChI=1S/C23H36O4/c1-4-6-7-8-9-10-14-19-16-13-17-20(19)15-11-12-18-21(5-2)23(25,26)22(24)27-3/h10-11,14,18,21,25-26H,4-9,13,15-17H2,1-3H3/b14-10+. The highest BCUT2D eigenvalue weighted by Crippen LogP contribution is 2.29. The molecule has 0 heterocycles. The number of rotatable bonds is 12. The van der Waals surface area contributed by atoms with Gasteiger partial charge in [-0.15, -0.1) is 5.73 Å².